The van der Waals surface area contributed by atoms with Crippen LogP contribution >= 0.6 is 0 Å². The van der Waals surface area contributed by atoms with Crippen LogP contribution in [0.3, 0.4) is 0 Å². The number of nitrogens with zero attached hydrogens (tertiary/aromatic N) is 3. The van der Waals surface area contributed by atoms with E-state index >= 15 is 0 Å². The standard InChI is InChI=1S/C11H13NO.C10H12N2O/c1-11(2,3)9-5-4-8-7-13-12-10(8)6-9;1-10(2,3)7-5-4-6-8-9(7)12-13-11-8/h4-7H,1-3H3;4-6H,1-3H3. The third kappa shape index (κ3) is 3.77. The van der Waals surface area contributed by atoms with Gasteiger partial charge < -0.3 is 4.52 Å². The van der Waals surface area contributed by atoms with Gasteiger partial charge in [0.2, 0.25) is 0 Å². The highest BCUT2D eigenvalue weighted by molar-refractivity contribution is 5.78. The van der Waals surface area contributed by atoms with Crippen LogP contribution in [0.15, 0.2) is 51.8 Å². The van der Waals surface area contributed by atoms with Gasteiger partial charge >= 0.3 is 0 Å². The molecule has 2 heterocycles. The van der Waals surface area contributed by atoms with Crippen molar-refractivity contribution >= 4 is 21.9 Å². The van der Waals surface area contributed by atoms with E-state index in [0.29, 0.717) is 0 Å². The molecular formula is C21H25N3O2. The molecule has 0 spiro atoms. The van der Waals surface area contributed by atoms with Crippen molar-refractivity contribution in [3.05, 3.63) is 53.8 Å². The minimum absolute atomic E-state index is 0.0814. The lowest BCUT2D eigenvalue weighted by Crippen LogP contribution is -2.11. The molecular weight excluding hydrogens is 326 g/mol. The topological polar surface area (TPSA) is 65.0 Å². The van der Waals surface area contributed by atoms with Crippen molar-refractivity contribution in [2.24, 2.45) is 0 Å². The molecule has 5 heteroatoms. The summed E-state index contributed by atoms with van der Waals surface area (Å²) in [4.78, 5) is 0. The molecule has 0 radical (unpaired) electrons. The Morgan fingerprint density at radius 1 is 0.769 bits per heavy atom. The Labute approximate surface area is 153 Å². The van der Waals surface area contributed by atoms with E-state index in [9.17, 15) is 0 Å². The van der Waals surface area contributed by atoms with Gasteiger partial charge in [-0.3, -0.25) is 0 Å². The SMILES string of the molecule is CC(C)(C)c1ccc2conc2c1.CC(C)(C)c1cccc2nonc12. The molecule has 0 amide bonds. The number of hydrogen-bond donors (Lipinski definition) is 0. The highest BCUT2D eigenvalue weighted by atomic mass is 16.6. The van der Waals surface area contributed by atoms with Crippen LogP contribution in [0.25, 0.3) is 21.9 Å². The number of rotatable bonds is 0. The molecule has 0 atom stereocenters. The first-order valence-corrected chi connectivity index (χ1v) is 8.72. The predicted molar refractivity (Wildman–Crippen MR) is 103 cm³/mol. The highest BCUT2D eigenvalue weighted by Crippen LogP contribution is 2.27. The molecule has 2 aromatic carbocycles. The Bertz CT molecular complexity index is 1020. The fourth-order valence-electron chi connectivity index (χ4n) is 2.74. The normalized spacial score (nSPS) is 12.2. The van der Waals surface area contributed by atoms with Crippen molar-refractivity contribution in [3.63, 3.8) is 0 Å². The summed E-state index contributed by atoms with van der Waals surface area (Å²) >= 11 is 0. The molecule has 136 valence electrons. The van der Waals surface area contributed by atoms with E-state index in [1.807, 2.05) is 18.2 Å². The van der Waals surface area contributed by atoms with Crippen LogP contribution in [-0.2, 0) is 10.8 Å². The highest BCUT2D eigenvalue weighted by Gasteiger charge is 2.19. The molecule has 4 rings (SSSR count). The van der Waals surface area contributed by atoms with Gasteiger partial charge in [0.25, 0.3) is 0 Å². The zero-order chi connectivity index (χ0) is 18.9. The van der Waals surface area contributed by atoms with E-state index in [1.165, 1.54) is 11.1 Å². The van der Waals surface area contributed by atoms with E-state index in [0.717, 1.165) is 21.9 Å². The predicted octanol–water partition coefficient (Wildman–Crippen LogP) is 5.65. The lowest BCUT2D eigenvalue weighted by atomic mass is 9.86. The van der Waals surface area contributed by atoms with Crippen molar-refractivity contribution in [1.82, 2.24) is 15.5 Å². The summed E-state index contributed by atoms with van der Waals surface area (Å²) in [6, 6.07) is 12.2. The van der Waals surface area contributed by atoms with Gasteiger partial charge in [0.15, 0.2) is 0 Å². The van der Waals surface area contributed by atoms with Crippen LogP contribution in [0.4, 0.5) is 0 Å². The Balaban J connectivity index is 0.000000151. The maximum Gasteiger partial charge on any atom is 0.138 e. The van der Waals surface area contributed by atoms with E-state index in [4.69, 9.17) is 9.15 Å². The molecule has 0 saturated carbocycles. The van der Waals surface area contributed by atoms with E-state index in [-0.39, 0.29) is 10.8 Å². The molecule has 26 heavy (non-hydrogen) atoms. The van der Waals surface area contributed by atoms with Gasteiger partial charge in [0, 0.05) is 5.39 Å². The van der Waals surface area contributed by atoms with E-state index in [2.05, 4.69) is 75.2 Å². The first-order valence-electron chi connectivity index (χ1n) is 8.72. The third-order valence-corrected chi connectivity index (χ3v) is 4.32. The minimum Gasteiger partial charge on any atom is -0.364 e. The number of hydrogen-bond acceptors (Lipinski definition) is 5. The van der Waals surface area contributed by atoms with E-state index < -0.39 is 0 Å². The van der Waals surface area contributed by atoms with Gasteiger partial charge in [-0.2, -0.15) is 0 Å². The summed E-state index contributed by atoms with van der Waals surface area (Å²) in [6.07, 6.45) is 1.67. The largest absolute Gasteiger partial charge is 0.364 e. The number of benzene rings is 2. The Morgan fingerprint density at radius 3 is 2.23 bits per heavy atom. The van der Waals surface area contributed by atoms with Crippen molar-refractivity contribution in [2.75, 3.05) is 0 Å². The van der Waals surface area contributed by atoms with Gasteiger partial charge in [-0.15, -0.1) is 0 Å². The Morgan fingerprint density at radius 2 is 1.54 bits per heavy atom. The van der Waals surface area contributed by atoms with Crippen molar-refractivity contribution in [1.29, 1.82) is 0 Å². The summed E-state index contributed by atoms with van der Waals surface area (Å²) in [6.45, 7) is 13.0. The molecule has 0 aliphatic carbocycles. The van der Waals surface area contributed by atoms with Crippen LogP contribution in [0.2, 0.25) is 0 Å². The van der Waals surface area contributed by atoms with Gasteiger partial charge in [-0.1, -0.05) is 64.9 Å². The average Bonchev–Trinajstić information content (AvgIpc) is 3.21. The van der Waals surface area contributed by atoms with Gasteiger partial charge in [-0.25, -0.2) is 4.63 Å². The smallest absolute Gasteiger partial charge is 0.138 e. The second-order valence-electron chi connectivity index (χ2n) is 8.53. The van der Waals surface area contributed by atoms with Crippen molar-refractivity contribution in [3.8, 4) is 0 Å². The second kappa shape index (κ2) is 6.56. The summed E-state index contributed by atoms with van der Waals surface area (Å²) in [5.74, 6) is 0. The first-order chi connectivity index (χ1) is 12.2. The van der Waals surface area contributed by atoms with E-state index in [1.54, 1.807) is 6.26 Å². The number of aromatic nitrogens is 3. The van der Waals surface area contributed by atoms with Crippen molar-refractivity contribution in [2.45, 2.75) is 52.4 Å². The maximum atomic E-state index is 4.88. The van der Waals surface area contributed by atoms with Crippen LogP contribution in [0, 0.1) is 0 Å². The molecule has 0 unspecified atom stereocenters. The Hall–Kier alpha value is -2.69. The molecule has 0 aliphatic rings. The molecule has 0 N–H and O–H groups in total. The van der Waals surface area contributed by atoms with Crippen LogP contribution < -0.4 is 0 Å². The molecule has 2 aromatic heterocycles. The molecule has 0 bridgehead atoms. The van der Waals surface area contributed by atoms with Crippen LogP contribution in [0.1, 0.15) is 52.7 Å². The summed E-state index contributed by atoms with van der Waals surface area (Å²) < 4.78 is 9.58. The zero-order valence-corrected chi connectivity index (χ0v) is 16.2. The van der Waals surface area contributed by atoms with Crippen LogP contribution in [-0.4, -0.2) is 15.5 Å². The monoisotopic (exact) mass is 351 g/mol. The first kappa shape index (κ1) is 18.1. The maximum absolute atomic E-state index is 4.88. The number of fused-ring (bicyclic) bond motifs is 2. The minimum atomic E-state index is 0.0814. The van der Waals surface area contributed by atoms with Gasteiger partial charge in [0.05, 0.1) is 0 Å². The molecule has 0 fully saturated rings. The molecule has 0 aliphatic heterocycles. The molecule has 4 aromatic rings. The van der Waals surface area contributed by atoms with Crippen LogP contribution in [0.5, 0.6) is 0 Å². The van der Waals surface area contributed by atoms with Gasteiger partial charge in [0.1, 0.15) is 22.8 Å². The fraction of sp³-hybridized carbons (Fsp3) is 0.381. The zero-order valence-electron chi connectivity index (χ0n) is 16.2. The quantitative estimate of drug-likeness (QED) is 0.410. The lowest BCUT2D eigenvalue weighted by Gasteiger charge is -2.18. The third-order valence-electron chi connectivity index (χ3n) is 4.32. The summed E-state index contributed by atoms with van der Waals surface area (Å²) in [7, 11) is 0. The second-order valence-corrected chi connectivity index (χ2v) is 8.53. The lowest BCUT2D eigenvalue weighted by molar-refractivity contribution is 0.315. The van der Waals surface area contributed by atoms with Gasteiger partial charge in [-0.05, 0) is 50.5 Å². The Kier molecular flexibility index (Phi) is 4.57. The fourth-order valence-corrected chi connectivity index (χ4v) is 2.74. The van der Waals surface area contributed by atoms with Crippen molar-refractivity contribution < 1.29 is 9.15 Å². The average molecular weight is 351 g/mol. The molecule has 5 nitrogen and oxygen atoms in total. The summed E-state index contributed by atoms with van der Waals surface area (Å²) in [5.41, 5.74) is 5.35. The molecule has 0 saturated heterocycles. The summed E-state index contributed by atoms with van der Waals surface area (Å²) in [5, 5.41) is 12.7.